The van der Waals surface area contributed by atoms with Crippen molar-refractivity contribution in [3.05, 3.63) is 58.9 Å². The van der Waals surface area contributed by atoms with Gasteiger partial charge in [0.05, 0.1) is 11.6 Å². The third-order valence-corrected chi connectivity index (χ3v) is 4.56. The number of fused-ring (bicyclic) bond motifs is 1. The number of carbonyl (C=O) groups is 2. The summed E-state index contributed by atoms with van der Waals surface area (Å²) in [6, 6.07) is 11.2. The third kappa shape index (κ3) is 2.81. The number of aryl methyl sites for hydroxylation is 1. The number of carboxylic acids is 1. The van der Waals surface area contributed by atoms with Gasteiger partial charge in [-0.2, -0.15) is 0 Å². The Balaban J connectivity index is 2.06. The van der Waals surface area contributed by atoms with Crippen LogP contribution < -0.4 is 0 Å². The maximum Gasteiger partial charge on any atom is 0.312 e. The first-order valence-electron chi connectivity index (χ1n) is 8.18. The van der Waals surface area contributed by atoms with Crippen LogP contribution in [0, 0.1) is 0 Å². The van der Waals surface area contributed by atoms with Crippen molar-refractivity contribution in [1.82, 2.24) is 4.57 Å². The van der Waals surface area contributed by atoms with Gasteiger partial charge in [0.25, 0.3) is 0 Å². The van der Waals surface area contributed by atoms with Gasteiger partial charge >= 0.3 is 5.97 Å². The predicted molar refractivity (Wildman–Crippen MR) is 87.9 cm³/mol. The van der Waals surface area contributed by atoms with Crippen LogP contribution in [-0.4, -0.2) is 21.4 Å². The molecule has 4 nitrogen and oxygen atoms in total. The largest absolute Gasteiger partial charge is 0.481 e. The molecule has 1 N–H and O–H groups in total. The Morgan fingerprint density at radius 2 is 2.00 bits per heavy atom. The first kappa shape index (κ1) is 15.5. The number of nitrogens with zero attached hydrogens (tertiary/aromatic N) is 1. The molecule has 1 unspecified atom stereocenters. The van der Waals surface area contributed by atoms with Crippen molar-refractivity contribution in [2.75, 3.05) is 0 Å². The zero-order valence-corrected chi connectivity index (χ0v) is 13.3. The molecule has 0 fully saturated rings. The molecule has 1 aromatic heterocycles. The molecule has 0 bridgehead atoms. The Hall–Kier alpha value is -2.36. The number of hydrogen-bond acceptors (Lipinski definition) is 2. The fraction of sp³-hybridized carbons (Fsp3) is 0.368. The van der Waals surface area contributed by atoms with Crippen molar-refractivity contribution in [2.24, 2.45) is 0 Å². The second-order valence-corrected chi connectivity index (χ2v) is 6.07. The van der Waals surface area contributed by atoms with Crippen molar-refractivity contribution >= 4 is 11.8 Å². The van der Waals surface area contributed by atoms with Crippen LogP contribution in [0.1, 0.15) is 59.4 Å². The van der Waals surface area contributed by atoms with Crippen LogP contribution >= 0.6 is 0 Å². The van der Waals surface area contributed by atoms with Gasteiger partial charge in [0.1, 0.15) is 0 Å². The van der Waals surface area contributed by atoms with E-state index in [1.165, 1.54) is 0 Å². The van der Waals surface area contributed by atoms with Gasteiger partial charge in [-0.1, -0.05) is 43.7 Å². The number of carboxylic acid groups (broad SMARTS) is 1. The van der Waals surface area contributed by atoms with Crippen molar-refractivity contribution < 1.29 is 14.7 Å². The Morgan fingerprint density at radius 1 is 1.26 bits per heavy atom. The smallest absolute Gasteiger partial charge is 0.312 e. The summed E-state index contributed by atoms with van der Waals surface area (Å²) in [6.45, 7) is 2.72. The summed E-state index contributed by atoms with van der Waals surface area (Å²) < 4.78 is 1.93. The number of aromatic nitrogens is 1. The van der Waals surface area contributed by atoms with Crippen LogP contribution in [0.5, 0.6) is 0 Å². The zero-order valence-electron chi connectivity index (χ0n) is 13.3. The van der Waals surface area contributed by atoms with Crippen LogP contribution in [0.3, 0.4) is 0 Å². The molecule has 1 aliphatic rings. The summed E-state index contributed by atoms with van der Waals surface area (Å²) in [4.78, 5) is 24.4. The molecule has 4 heteroatoms. The summed E-state index contributed by atoms with van der Waals surface area (Å²) in [7, 11) is 0. The average Bonchev–Trinajstić information content (AvgIpc) is 3.11. The van der Waals surface area contributed by atoms with Crippen LogP contribution in [0.2, 0.25) is 0 Å². The normalized spacial score (nSPS) is 16.3. The molecule has 1 atom stereocenters. The van der Waals surface area contributed by atoms with E-state index in [0.717, 1.165) is 30.5 Å². The fourth-order valence-corrected chi connectivity index (χ4v) is 3.37. The van der Waals surface area contributed by atoms with Crippen molar-refractivity contribution in [3.63, 3.8) is 0 Å². The van der Waals surface area contributed by atoms with E-state index in [9.17, 15) is 14.7 Å². The van der Waals surface area contributed by atoms with Crippen molar-refractivity contribution in [1.29, 1.82) is 0 Å². The Bertz CT molecular complexity index is 731. The first-order chi connectivity index (χ1) is 11.1. The molecule has 3 rings (SSSR count). The summed E-state index contributed by atoms with van der Waals surface area (Å²) in [6.07, 6.45) is 3.42. The zero-order chi connectivity index (χ0) is 16.4. The second kappa shape index (κ2) is 6.41. The molecule has 0 aliphatic carbocycles. The molecule has 1 aliphatic heterocycles. The van der Waals surface area contributed by atoms with E-state index in [1.54, 1.807) is 0 Å². The molecular weight excluding hydrogens is 290 g/mol. The van der Waals surface area contributed by atoms with Gasteiger partial charge in [-0.25, -0.2) is 0 Å². The fourth-order valence-electron chi connectivity index (χ4n) is 3.37. The number of aliphatic carboxylic acids is 1. The number of hydrogen-bond donors (Lipinski definition) is 1. The lowest BCUT2D eigenvalue weighted by molar-refractivity contribution is -0.138. The Kier molecular flexibility index (Phi) is 4.33. The Morgan fingerprint density at radius 3 is 2.65 bits per heavy atom. The van der Waals surface area contributed by atoms with E-state index in [1.807, 2.05) is 41.0 Å². The van der Waals surface area contributed by atoms with E-state index in [4.69, 9.17) is 0 Å². The highest BCUT2D eigenvalue weighted by molar-refractivity contribution is 6.09. The topological polar surface area (TPSA) is 59.3 Å². The lowest BCUT2D eigenvalue weighted by Gasteiger charge is -2.08. The Labute approximate surface area is 135 Å². The number of ketones is 1. The van der Waals surface area contributed by atoms with Gasteiger partial charge in [-0.3, -0.25) is 9.59 Å². The van der Waals surface area contributed by atoms with Gasteiger partial charge in [0.15, 0.2) is 0 Å². The van der Waals surface area contributed by atoms with Crippen LogP contribution in [0.4, 0.5) is 0 Å². The molecule has 23 heavy (non-hydrogen) atoms. The molecule has 0 radical (unpaired) electrons. The number of unbranched alkanes of at least 4 members (excludes halogenated alkanes) is 1. The molecule has 0 amide bonds. The minimum absolute atomic E-state index is 0.00556. The van der Waals surface area contributed by atoms with Gasteiger partial charge < -0.3 is 9.67 Å². The highest BCUT2D eigenvalue weighted by atomic mass is 16.4. The molecule has 0 saturated heterocycles. The van der Waals surface area contributed by atoms with Gasteiger partial charge in [0, 0.05) is 17.8 Å². The minimum Gasteiger partial charge on any atom is -0.481 e. The maximum absolute atomic E-state index is 13.0. The molecule has 0 saturated carbocycles. The quantitative estimate of drug-likeness (QED) is 0.829. The number of rotatable bonds is 6. The first-order valence-corrected chi connectivity index (χ1v) is 8.18. The molecular formula is C19H21NO3. The van der Waals surface area contributed by atoms with E-state index in [-0.39, 0.29) is 5.78 Å². The minimum atomic E-state index is -0.804. The van der Waals surface area contributed by atoms with Crippen molar-refractivity contribution in [2.45, 2.75) is 45.1 Å². The number of carbonyl (C=O) groups excluding carboxylic acids is 1. The molecule has 120 valence electrons. The van der Waals surface area contributed by atoms with E-state index in [0.29, 0.717) is 24.2 Å². The lowest BCUT2D eigenvalue weighted by atomic mass is 9.99. The summed E-state index contributed by atoms with van der Waals surface area (Å²) >= 11 is 0. The average molecular weight is 311 g/mol. The van der Waals surface area contributed by atoms with Crippen LogP contribution in [0.25, 0.3) is 0 Å². The number of benzene rings is 1. The summed E-state index contributed by atoms with van der Waals surface area (Å²) in [5, 5.41) is 9.39. The van der Waals surface area contributed by atoms with E-state index < -0.39 is 11.9 Å². The SMILES string of the molecule is CCCCc1cc2n(c1C(=O)c1ccccc1)CCC2C(=O)O. The van der Waals surface area contributed by atoms with Gasteiger partial charge in [-0.15, -0.1) is 0 Å². The maximum atomic E-state index is 13.0. The van der Waals surface area contributed by atoms with Crippen LogP contribution in [-0.2, 0) is 17.8 Å². The summed E-state index contributed by atoms with van der Waals surface area (Å²) in [5.74, 6) is -1.30. The predicted octanol–water partition coefficient (Wildman–Crippen LogP) is 3.63. The standard InChI is InChI=1S/C19H21NO3/c1-2-3-7-14-12-16-15(19(22)23)10-11-20(16)17(14)18(21)13-8-5-4-6-9-13/h4-6,8-9,12,15H,2-3,7,10-11H2,1H3,(H,22,23). The van der Waals surface area contributed by atoms with Gasteiger partial charge in [-0.05, 0) is 30.9 Å². The third-order valence-electron chi connectivity index (χ3n) is 4.56. The van der Waals surface area contributed by atoms with Crippen LogP contribution in [0.15, 0.2) is 36.4 Å². The molecule has 2 aromatic rings. The van der Waals surface area contributed by atoms with Gasteiger partial charge in [0.2, 0.25) is 5.78 Å². The van der Waals surface area contributed by atoms with Crippen molar-refractivity contribution in [3.8, 4) is 0 Å². The lowest BCUT2D eigenvalue weighted by Crippen LogP contribution is -2.11. The van der Waals surface area contributed by atoms with E-state index >= 15 is 0 Å². The molecule has 2 heterocycles. The summed E-state index contributed by atoms with van der Waals surface area (Å²) in [5.41, 5.74) is 3.11. The highest BCUT2D eigenvalue weighted by Gasteiger charge is 2.33. The molecule has 0 spiro atoms. The highest BCUT2D eigenvalue weighted by Crippen LogP contribution is 2.34. The van der Waals surface area contributed by atoms with E-state index in [2.05, 4.69) is 6.92 Å². The monoisotopic (exact) mass is 311 g/mol. The molecule has 1 aromatic carbocycles. The second-order valence-electron chi connectivity index (χ2n) is 6.07.